The fourth-order valence-corrected chi connectivity index (χ4v) is 9.28. The Labute approximate surface area is 272 Å². The molecule has 7 rings (SSSR count). The van der Waals surface area contributed by atoms with E-state index in [0.717, 1.165) is 0 Å². The molecule has 0 bridgehead atoms. The second-order valence-corrected chi connectivity index (χ2v) is 17.0. The molecule has 8 atom stereocenters. The lowest BCUT2D eigenvalue weighted by atomic mass is 9.95. The zero-order valence-corrected chi connectivity index (χ0v) is 28.1. The molecule has 18 nitrogen and oxygen atoms in total. The molecule has 3 aliphatic rings. The number of hydrogen-bond donors (Lipinski definition) is 4. The van der Waals surface area contributed by atoms with Crippen LogP contribution in [0.2, 0.25) is 0 Å². The number of rotatable bonds is 4. The molecule has 5 N–H and O–H groups in total. The SMILES string of the molecule is CC[C@@]12COP(O)(=S)O[C@H]3C[C@H](n4cnc5c(N)ncnc54)O[C@]3(CC)COP(=O)(S)O[C@H]1C[C@H](n1cnc3c(N)ncnc31)O2. The summed E-state index contributed by atoms with van der Waals surface area (Å²) in [6, 6.07) is 0. The van der Waals surface area contributed by atoms with Crippen LogP contribution in [0, 0.1) is 0 Å². The first-order chi connectivity index (χ1) is 21.9. The Bertz CT molecular complexity index is 1770. The smallest absolute Gasteiger partial charge is 0.382 e. The number of anilines is 2. The lowest BCUT2D eigenvalue weighted by Crippen LogP contribution is -2.47. The average Bonchev–Trinajstić information content (AvgIpc) is 3.79. The molecule has 0 spiro atoms. The highest BCUT2D eigenvalue weighted by molar-refractivity contribution is 8.44. The summed E-state index contributed by atoms with van der Waals surface area (Å²) in [6.07, 6.45) is 3.55. The summed E-state index contributed by atoms with van der Waals surface area (Å²) in [5.74, 6) is 0.423. The van der Waals surface area contributed by atoms with Gasteiger partial charge in [0.25, 0.3) is 0 Å². The maximum Gasteiger partial charge on any atom is 0.386 e. The van der Waals surface area contributed by atoms with Crippen LogP contribution >= 0.6 is 25.8 Å². The molecular weight excluding hydrogens is 682 g/mol. The van der Waals surface area contributed by atoms with E-state index >= 15 is 0 Å². The van der Waals surface area contributed by atoms with Gasteiger partial charge in [0.1, 0.15) is 59.6 Å². The average molecular weight is 715 g/mol. The van der Waals surface area contributed by atoms with Crippen molar-refractivity contribution in [1.82, 2.24) is 39.0 Å². The monoisotopic (exact) mass is 714 g/mol. The van der Waals surface area contributed by atoms with Gasteiger partial charge in [-0.05, 0) is 24.6 Å². The lowest BCUT2D eigenvalue weighted by Gasteiger charge is -2.39. The Morgan fingerprint density at radius 1 is 0.870 bits per heavy atom. The molecule has 3 saturated heterocycles. The number of nitrogen functional groups attached to an aromatic ring is 2. The first-order valence-electron chi connectivity index (χ1n) is 14.4. The first kappa shape index (κ1) is 32.2. The van der Waals surface area contributed by atoms with Crippen molar-refractivity contribution in [3.8, 4) is 0 Å². The standard InChI is InChI=1S/C24H32N10O8P2S2/c1-3-23-7-37-43(35,45)42-14-6-16(34-12-32-18-20(26)28-10-30-22(18)34)40-24(14,4-2)8-38-44(36,46)41-13(23)5-15(39-23)33-11-31-17-19(25)27-9-29-21(17)33/h9-16H,3-8H2,1-2H3,(H,35,45)(H,36,46)(H2,25,27,29)(H2,26,28,30)/t13-,14-,15+,16+,23+,24+,43?,44?/m0/s1. The second kappa shape index (κ2) is 11.7. The van der Waals surface area contributed by atoms with Gasteiger partial charge < -0.3 is 34.9 Å². The fraction of sp³-hybridized carbons (Fsp3) is 0.583. The molecule has 0 aromatic carbocycles. The van der Waals surface area contributed by atoms with E-state index in [9.17, 15) is 9.46 Å². The van der Waals surface area contributed by atoms with E-state index in [2.05, 4.69) is 42.2 Å². The van der Waals surface area contributed by atoms with Crippen molar-refractivity contribution in [3.05, 3.63) is 25.3 Å². The number of nitrogens with zero attached hydrogens (tertiary/aromatic N) is 8. The van der Waals surface area contributed by atoms with Crippen molar-refractivity contribution >= 4 is 71.5 Å². The molecule has 248 valence electrons. The summed E-state index contributed by atoms with van der Waals surface area (Å²) in [5, 5.41) is 0. The molecule has 2 unspecified atom stereocenters. The van der Waals surface area contributed by atoms with Crippen LogP contribution in [0.15, 0.2) is 25.3 Å². The number of hydrogen-bond acceptors (Lipinski definition) is 16. The molecule has 3 fully saturated rings. The van der Waals surface area contributed by atoms with E-state index in [-0.39, 0.29) is 37.7 Å². The number of imidazole rings is 2. The third-order valence-corrected chi connectivity index (χ3v) is 12.0. The van der Waals surface area contributed by atoms with Crippen molar-refractivity contribution in [2.75, 3.05) is 24.7 Å². The maximum atomic E-state index is 13.9. The van der Waals surface area contributed by atoms with Gasteiger partial charge in [-0.25, -0.2) is 34.5 Å². The Balaban J connectivity index is 1.21. The highest BCUT2D eigenvalue weighted by atomic mass is 32.7. The van der Waals surface area contributed by atoms with E-state index in [1.165, 1.54) is 25.3 Å². The van der Waals surface area contributed by atoms with Crippen LogP contribution in [-0.4, -0.2) is 80.6 Å². The molecule has 0 amide bonds. The van der Waals surface area contributed by atoms with E-state index in [0.29, 0.717) is 35.2 Å². The van der Waals surface area contributed by atoms with Gasteiger partial charge in [-0.1, -0.05) is 26.1 Å². The van der Waals surface area contributed by atoms with Crippen LogP contribution in [0.1, 0.15) is 52.0 Å². The van der Waals surface area contributed by atoms with Crippen molar-refractivity contribution in [1.29, 1.82) is 0 Å². The lowest BCUT2D eigenvalue weighted by molar-refractivity contribution is -0.138. The number of nitrogens with two attached hydrogens (primary N) is 2. The molecule has 0 radical (unpaired) electrons. The first-order valence-corrected chi connectivity index (χ1v) is 19.7. The van der Waals surface area contributed by atoms with Gasteiger partial charge in [0.15, 0.2) is 22.9 Å². The van der Waals surface area contributed by atoms with Gasteiger partial charge in [0, 0.05) is 12.8 Å². The summed E-state index contributed by atoms with van der Waals surface area (Å²) >= 11 is 9.87. The molecule has 22 heteroatoms. The molecule has 46 heavy (non-hydrogen) atoms. The Kier molecular flexibility index (Phi) is 8.17. The summed E-state index contributed by atoms with van der Waals surface area (Å²) < 4.78 is 54.5. The van der Waals surface area contributed by atoms with E-state index in [1.807, 2.05) is 13.8 Å². The minimum Gasteiger partial charge on any atom is -0.382 e. The molecule has 3 aliphatic heterocycles. The van der Waals surface area contributed by atoms with E-state index in [4.69, 9.17) is 50.8 Å². The molecule has 4 aromatic rings. The molecule has 7 heterocycles. The largest absolute Gasteiger partial charge is 0.386 e. The van der Waals surface area contributed by atoms with Crippen molar-refractivity contribution in [2.45, 2.75) is 75.4 Å². The zero-order chi connectivity index (χ0) is 32.5. The van der Waals surface area contributed by atoms with Gasteiger partial charge in [-0.15, -0.1) is 0 Å². The van der Waals surface area contributed by atoms with Crippen molar-refractivity contribution in [3.63, 3.8) is 0 Å². The number of ether oxygens (including phenoxy) is 2. The predicted molar refractivity (Wildman–Crippen MR) is 170 cm³/mol. The van der Waals surface area contributed by atoms with E-state index < -0.39 is 49.4 Å². The third-order valence-electron chi connectivity index (χ3n) is 8.80. The topological polar surface area (TPSA) is 232 Å². The van der Waals surface area contributed by atoms with Gasteiger partial charge in [-0.3, -0.25) is 18.2 Å². The number of thiol groups is 1. The fourth-order valence-electron chi connectivity index (χ4n) is 6.21. The zero-order valence-electron chi connectivity index (χ0n) is 24.6. The number of aromatic nitrogens is 8. The van der Waals surface area contributed by atoms with Crippen LogP contribution in [0.5, 0.6) is 0 Å². The summed E-state index contributed by atoms with van der Waals surface area (Å²) in [5.41, 5.74) is 11.2. The van der Waals surface area contributed by atoms with Crippen molar-refractivity contribution in [2.24, 2.45) is 0 Å². The second-order valence-electron chi connectivity index (χ2n) is 11.3. The maximum absolute atomic E-state index is 13.9. The molecule has 4 aromatic heterocycles. The van der Waals surface area contributed by atoms with Crippen LogP contribution < -0.4 is 11.5 Å². The Hall–Kier alpha value is -2.35. The summed E-state index contributed by atoms with van der Waals surface area (Å²) in [4.78, 5) is 36.7. The summed E-state index contributed by atoms with van der Waals surface area (Å²) in [7, 11) is 0. The van der Waals surface area contributed by atoms with Crippen LogP contribution in [0.25, 0.3) is 22.3 Å². The Morgan fingerprint density at radius 2 is 1.35 bits per heavy atom. The predicted octanol–water partition coefficient (Wildman–Crippen LogP) is 3.04. The van der Waals surface area contributed by atoms with Crippen LogP contribution in [0.4, 0.5) is 11.6 Å². The Morgan fingerprint density at radius 3 is 1.85 bits per heavy atom. The normalized spacial score (nSPS) is 37.1. The van der Waals surface area contributed by atoms with Crippen LogP contribution in [-0.2, 0) is 43.9 Å². The van der Waals surface area contributed by atoms with Gasteiger partial charge in [0.05, 0.1) is 25.9 Å². The highest BCUT2D eigenvalue weighted by Crippen LogP contribution is 2.61. The molecule has 0 saturated carbocycles. The minimum absolute atomic E-state index is 0.175. The molecular formula is C24H32N10O8P2S2. The van der Waals surface area contributed by atoms with Crippen LogP contribution in [0.3, 0.4) is 0 Å². The third kappa shape index (κ3) is 5.52. The van der Waals surface area contributed by atoms with Gasteiger partial charge in [0.2, 0.25) is 0 Å². The van der Waals surface area contributed by atoms with Crippen molar-refractivity contribution < 1.29 is 37.0 Å². The van der Waals surface area contributed by atoms with Gasteiger partial charge in [-0.2, -0.15) is 0 Å². The summed E-state index contributed by atoms with van der Waals surface area (Å²) in [6.45, 7) is -4.85. The quantitative estimate of drug-likeness (QED) is 0.176. The van der Waals surface area contributed by atoms with E-state index in [1.54, 1.807) is 9.13 Å². The minimum atomic E-state index is -4.07. The van der Waals surface area contributed by atoms with Gasteiger partial charge >= 0.3 is 13.5 Å². The highest BCUT2D eigenvalue weighted by Gasteiger charge is 2.56. The number of fused-ring (bicyclic) bond motifs is 4. The molecule has 0 aliphatic carbocycles.